The Kier molecular flexibility index (Phi) is 69.6. The van der Waals surface area contributed by atoms with Crippen molar-refractivity contribution in [3.8, 4) is 0 Å². The van der Waals surface area contributed by atoms with Crippen LogP contribution in [-0.4, -0.2) is 96.7 Å². The molecule has 0 bridgehead atoms. The zero-order chi connectivity index (χ0) is 71.2. The van der Waals surface area contributed by atoms with Gasteiger partial charge in [0.1, 0.15) is 19.3 Å². The lowest BCUT2D eigenvalue weighted by molar-refractivity contribution is -0.161. The number of aliphatic hydroxyl groups is 1. The number of carbonyl (C=O) groups is 4. The highest BCUT2D eigenvalue weighted by molar-refractivity contribution is 7.47. The molecule has 0 heterocycles. The van der Waals surface area contributed by atoms with Crippen LogP contribution in [0.1, 0.15) is 413 Å². The molecule has 0 saturated carbocycles. The molecule has 3 unspecified atom stereocenters. The van der Waals surface area contributed by atoms with E-state index in [4.69, 9.17) is 37.0 Å². The molecule has 0 aromatic heterocycles. The predicted molar refractivity (Wildman–Crippen MR) is 395 cm³/mol. The van der Waals surface area contributed by atoms with Gasteiger partial charge in [0.05, 0.1) is 26.4 Å². The summed E-state index contributed by atoms with van der Waals surface area (Å²) in [6, 6.07) is 0. The zero-order valence-electron chi connectivity index (χ0n) is 63.2. The molecular weight excluding hydrogens is 1270 g/mol. The van der Waals surface area contributed by atoms with Crippen molar-refractivity contribution in [3.05, 3.63) is 0 Å². The highest BCUT2D eigenvalue weighted by Crippen LogP contribution is 2.45. The quantitative estimate of drug-likeness (QED) is 0.0222. The van der Waals surface area contributed by atoms with Gasteiger partial charge < -0.3 is 33.8 Å². The fourth-order valence-corrected chi connectivity index (χ4v) is 13.6. The summed E-state index contributed by atoms with van der Waals surface area (Å²) in [7, 11) is -9.91. The van der Waals surface area contributed by atoms with E-state index >= 15 is 0 Å². The average Bonchev–Trinajstić information content (AvgIpc) is 2.91. The molecule has 0 aliphatic carbocycles. The molecule has 97 heavy (non-hydrogen) atoms. The first-order valence-electron chi connectivity index (χ1n) is 40.7. The molecule has 0 amide bonds. The number of aliphatic hydroxyl groups excluding tert-OH is 1. The highest BCUT2D eigenvalue weighted by Gasteiger charge is 2.30. The predicted octanol–water partition coefficient (Wildman–Crippen LogP) is 23.3. The fourth-order valence-electron chi connectivity index (χ4n) is 12.0. The van der Waals surface area contributed by atoms with Gasteiger partial charge in [-0.25, -0.2) is 9.13 Å². The highest BCUT2D eigenvalue weighted by atomic mass is 31.2. The minimum absolute atomic E-state index is 0.107. The zero-order valence-corrected chi connectivity index (χ0v) is 65.0. The summed E-state index contributed by atoms with van der Waals surface area (Å²) in [5, 5.41) is 10.6. The molecule has 0 aromatic rings. The summed E-state index contributed by atoms with van der Waals surface area (Å²) in [5.41, 5.74) is 0. The van der Waals surface area contributed by atoms with Crippen molar-refractivity contribution in [2.75, 3.05) is 39.6 Å². The van der Waals surface area contributed by atoms with Gasteiger partial charge in [0.2, 0.25) is 0 Å². The molecule has 3 N–H and O–H groups in total. The van der Waals surface area contributed by atoms with Crippen LogP contribution in [-0.2, 0) is 65.4 Å². The van der Waals surface area contributed by atoms with Gasteiger partial charge in [-0.1, -0.05) is 362 Å². The SMILES string of the molecule is CCCCCCCCCCCCCCCCCCCCC(=O)O[C@H](COC(=O)CCCCCCCCCCCCCCCCCC)COP(=O)(O)OC[C@@H](O)COP(=O)(O)OC[C@@H](COC(=O)CCCCCCCCC(C)CC)OC(=O)CCCCCCCCCCCCCCC. The Morgan fingerprint density at radius 1 is 0.289 bits per heavy atom. The first-order valence-corrected chi connectivity index (χ1v) is 43.7. The summed E-state index contributed by atoms with van der Waals surface area (Å²) in [6.45, 7) is 7.28. The van der Waals surface area contributed by atoms with Crippen LogP contribution in [0.5, 0.6) is 0 Å². The first kappa shape index (κ1) is 95.1. The molecule has 0 rings (SSSR count). The van der Waals surface area contributed by atoms with Crippen LogP contribution in [0.4, 0.5) is 0 Å². The van der Waals surface area contributed by atoms with E-state index in [1.165, 1.54) is 231 Å². The molecule has 19 heteroatoms. The lowest BCUT2D eigenvalue weighted by Crippen LogP contribution is -2.30. The van der Waals surface area contributed by atoms with E-state index in [1.54, 1.807) is 0 Å². The Morgan fingerprint density at radius 2 is 0.495 bits per heavy atom. The number of phosphoric ester groups is 2. The van der Waals surface area contributed by atoms with Crippen LogP contribution < -0.4 is 0 Å². The summed E-state index contributed by atoms with van der Waals surface area (Å²) in [5.74, 6) is -1.38. The minimum atomic E-state index is -4.96. The molecule has 0 aliphatic rings. The van der Waals surface area contributed by atoms with Crippen molar-refractivity contribution in [2.24, 2.45) is 5.92 Å². The Labute approximate surface area is 594 Å². The lowest BCUT2D eigenvalue weighted by atomic mass is 10.00. The third kappa shape index (κ3) is 70.9. The van der Waals surface area contributed by atoms with E-state index in [9.17, 15) is 43.2 Å². The molecule has 0 saturated heterocycles. The Morgan fingerprint density at radius 3 is 0.732 bits per heavy atom. The number of hydrogen-bond acceptors (Lipinski definition) is 15. The van der Waals surface area contributed by atoms with Crippen molar-refractivity contribution < 1.29 is 80.2 Å². The van der Waals surface area contributed by atoms with Crippen molar-refractivity contribution in [1.82, 2.24) is 0 Å². The summed E-state index contributed by atoms with van der Waals surface area (Å²) in [6.07, 6.45) is 61.0. The first-order chi connectivity index (χ1) is 47.1. The second kappa shape index (κ2) is 71.1. The minimum Gasteiger partial charge on any atom is -0.462 e. The second-order valence-electron chi connectivity index (χ2n) is 28.3. The third-order valence-corrected chi connectivity index (χ3v) is 20.5. The maximum absolute atomic E-state index is 13.1. The molecule has 6 atom stereocenters. The largest absolute Gasteiger partial charge is 0.472 e. The maximum atomic E-state index is 13.1. The average molecular weight is 1420 g/mol. The fraction of sp³-hybridized carbons (Fsp3) is 0.949. The number of rotatable bonds is 78. The monoisotopic (exact) mass is 1420 g/mol. The van der Waals surface area contributed by atoms with Crippen molar-refractivity contribution in [2.45, 2.75) is 432 Å². The van der Waals surface area contributed by atoms with Crippen LogP contribution in [0.25, 0.3) is 0 Å². The molecule has 17 nitrogen and oxygen atoms in total. The van der Waals surface area contributed by atoms with Crippen molar-refractivity contribution in [3.63, 3.8) is 0 Å². The third-order valence-electron chi connectivity index (χ3n) is 18.6. The van der Waals surface area contributed by atoms with Crippen molar-refractivity contribution in [1.29, 1.82) is 0 Å². The van der Waals surface area contributed by atoms with Gasteiger partial charge in [-0.2, -0.15) is 0 Å². The smallest absolute Gasteiger partial charge is 0.462 e. The topological polar surface area (TPSA) is 237 Å². The molecule has 0 spiro atoms. The van der Waals surface area contributed by atoms with Gasteiger partial charge in [-0.3, -0.25) is 37.3 Å². The van der Waals surface area contributed by atoms with Gasteiger partial charge in [-0.15, -0.1) is 0 Å². The van der Waals surface area contributed by atoms with Crippen LogP contribution in [0, 0.1) is 5.92 Å². The van der Waals surface area contributed by atoms with Crippen LogP contribution in [0.2, 0.25) is 0 Å². The Balaban J connectivity index is 5.24. The molecule has 0 aromatic carbocycles. The van der Waals surface area contributed by atoms with Gasteiger partial charge in [0.15, 0.2) is 12.2 Å². The number of hydrogen-bond donors (Lipinski definition) is 3. The maximum Gasteiger partial charge on any atom is 0.472 e. The summed E-state index contributed by atoms with van der Waals surface area (Å²) in [4.78, 5) is 72.9. The van der Waals surface area contributed by atoms with Crippen LogP contribution in [0.15, 0.2) is 0 Å². The van der Waals surface area contributed by atoms with Gasteiger partial charge in [-0.05, 0) is 31.6 Å². The summed E-state index contributed by atoms with van der Waals surface area (Å²) >= 11 is 0. The Bertz CT molecular complexity index is 1860. The molecule has 0 aliphatic heterocycles. The Hall–Kier alpha value is -1.94. The van der Waals surface area contributed by atoms with Crippen molar-refractivity contribution >= 4 is 39.5 Å². The number of ether oxygens (including phenoxy) is 4. The van der Waals surface area contributed by atoms with E-state index in [-0.39, 0.29) is 25.7 Å². The second-order valence-corrected chi connectivity index (χ2v) is 31.3. The van der Waals surface area contributed by atoms with Gasteiger partial charge >= 0.3 is 39.5 Å². The van der Waals surface area contributed by atoms with E-state index in [0.29, 0.717) is 25.7 Å². The number of carbonyl (C=O) groups excluding carboxylic acids is 4. The molecule has 0 fully saturated rings. The standard InChI is InChI=1S/C78H152O17P2/c1-6-10-13-16-19-22-25-28-30-32-33-35-38-41-44-47-54-59-64-77(82)94-73(67-88-75(80)61-56-51-45-42-39-37-34-31-29-26-23-20-17-14-11-7-2)69-92-96(84,85)90-65-72(79)66-91-97(86,87)93-70-74(68-89-76(81)62-57-52-49-48-50-55-60-71(5)9-4)95-78(83)63-58-53-46-43-40-36-27-24-21-18-15-12-8-3/h71-74,79H,6-70H2,1-5H3,(H,84,85)(H,86,87)/t71?,72-,73-,74-/m1/s1. The molecule has 576 valence electrons. The summed E-state index contributed by atoms with van der Waals surface area (Å²) < 4.78 is 68.6. The lowest BCUT2D eigenvalue weighted by Gasteiger charge is -2.21. The number of esters is 4. The van der Waals surface area contributed by atoms with E-state index in [2.05, 4.69) is 34.6 Å². The molecular formula is C78H152O17P2. The van der Waals surface area contributed by atoms with Gasteiger partial charge in [0.25, 0.3) is 0 Å². The number of unbranched alkanes of at least 4 members (excludes halogenated alkanes) is 49. The van der Waals surface area contributed by atoms with E-state index in [1.807, 2.05) is 0 Å². The number of phosphoric acid groups is 2. The van der Waals surface area contributed by atoms with Gasteiger partial charge in [0, 0.05) is 25.7 Å². The van der Waals surface area contributed by atoms with Crippen LogP contribution >= 0.6 is 15.6 Å². The van der Waals surface area contributed by atoms with E-state index < -0.39 is 97.5 Å². The van der Waals surface area contributed by atoms with Crippen LogP contribution in [0.3, 0.4) is 0 Å². The normalized spacial score (nSPS) is 14.2. The molecule has 0 radical (unpaired) electrons. The van der Waals surface area contributed by atoms with E-state index in [0.717, 1.165) is 102 Å².